The smallest absolute Gasteiger partial charge is 0.417 e. The third kappa shape index (κ3) is 5.01. The molecule has 1 rings (SSSR count). The maximum Gasteiger partial charge on any atom is 0.417 e. The first-order valence-corrected chi connectivity index (χ1v) is 5.93. The number of carbonyl (C=O) groups is 2. The van der Waals surface area contributed by atoms with Crippen LogP contribution in [0.3, 0.4) is 0 Å². The molecule has 1 aliphatic heterocycles. The second-order valence-corrected chi connectivity index (χ2v) is 4.24. The van der Waals surface area contributed by atoms with Gasteiger partial charge in [0, 0.05) is 21.0 Å². The van der Waals surface area contributed by atoms with Crippen molar-refractivity contribution in [2.75, 3.05) is 13.7 Å². The molecule has 0 unspecified atom stereocenters. The van der Waals surface area contributed by atoms with Gasteiger partial charge in [0.2, 0.25) is 0 Å². The summed E-state index contributed by atoms with van der Waals surface area (Å²) in [7, 11) is 1.04. The van der Waals surface area contributed by atoms with Crippen LogP contribution in [-0.4, -0.2) is 50.3 Å². The van der Waals surface area contributed by atoms with E-state index >= 15 is 0 Å². The number of ether oxygens (including phenoxy) is 4. The number of hydrogen-bond donors (Lipinski definition) is 0. The zero-order valence-corrected chi connectivity index (χ0v) is 11.6. The van der Waals surface area contributed by atoms with Crippen LogP contribution in [0.15, 0.2) is 11.6 Å². The van der Waals surface area contributed by atoms with Crippen LogP contribution in [0.25, 0.3) is 0 Å². The Morgan fingerprint density at radius 3 is 2.33 bits per heavy atom. The first-order valence-electron chi connectivity index (χ1n) is 5.93. The number of esters is 2. The normalized spacial score (nSPS) is 26.0. The number of carbonyl (C=O) groups excluding carboxylic acids is 2. The predicted molar refractivity (Wildman–Crippen MR) is 62.0 cm³/mol. The molecule has 0 bridgehead atoms. The average molecular weight is 312 g/mol. The van der Waals surface area contributed by atoms with Crippen molar-refractivity contribution in [1.82, 2.24) is 0 Å². The van der Waals surface area contributed by atoms with Crippen molar-refractivity contribution in [2.45, 2.75) is 38.5 Å². The Kier molecular flexibility index (Phi) is 5.73. The van der Waals surface area contributed by atoms with E-state index in [0.717, 1.165) is 21.0 Å². The quantitative estimate of drug-likeness (QED) is 0.576. The van der Waals surface area contributed by atoms with E-state index in [1.54, 1.807) is 0 Å². The van der Waals surface area contributed by atoms with Crippen molar-refractivity contribution in [3.63, 3.8) is 0 Å². The molecule has 0 fully saturated rings. The molecular formula is C12H15F3O6. The Morgan fingerprint density at radius 2 is 1.90 bits per heavy atom. The maximum atomic E-state index is 12.9. The SMILES string of the molecule is CO[C@@H]1O[C@H](COC(C)=O)[C@@H](OC(C)=O)C=C1C(F)(F)F. The van der Waals surface area contributed by atoms with Crippen LogP contribution in [0, 0.1) is 0 Å². The Hall–Kier alpha value is -1.61. The van der Waals surface area contributed by atoms with Crippen molar-refractivity contribution in [3.05, 3.63) is 11.6 Å². The van der Waals surface area contributed by atoms with Gasteiger partial charge >= 0.3 is 18.1 Å². The highest BCUT2D eigenvalue weighted by molar-refractivity contribution is 5.67. The second-order valence-electron chi connectivity index (χ2n) is 4.24. The average Bonchev–Trinajstić information content (AvgIpc) is 2.34. The van der Waals surface area contributed by atoms with Gasteiger partial charge in [-0.05, 0) is 6.08 Å². The molecule has 0 amide bonds. The minimum absolute atomic E-state index is 0.366. The molecule has 0 saturated heterocycles. The zero-order chi connectivity index (χ0) is 16.2. The van der Waals surface area contributed by atoms with E-state index in [9.17, 15) is 22.8 Å². The van der Waals surface area contributed by atoms with E-state index in [0.29, 0.717) is 6.08 Å². The van der Waals surface area contributed by atoms with Crippen LogP contribution in [0.4, 0.5) is 13.2 Å². The molecule has 6 nitrogen and oxygen atoms in total. The topological polar surface area (TPSA) is 71.1 Å². The van der Waals surface area contributed by atoms with E-state index < -0.39 is 42.2 Å². The number of alkyl halides is 3. The summed E-state index contributed by atoms with van der Waals surface area (Å²) < 4.78 is 57.8. The van der Waals surface area contributed by atoms with Gasteiger partial charge < -0.3 is 18.9 Å². The minimum atomic E-state index is -4.70. The van der Waals surface area contributed by atoms with Crippen molar-refractivity contribution >= 4 is 11.9 Å². The van der Waals surface area contributed by atoms with Crippen molar-refractivity contribution < 1.29 is 41.7 Å². The number of halogens is 3. The fourth-order valence-electron chi connectivity index (χ4n) is 1.72. The molecule has 21 heavy (non-hydrogen) atoms. The van der Waals surface area contributed by atoms with Gasteiger partial charge in [-0.3, -0.25) is 9.59 Å². The molecular weight excluding hydrogens is 297 g/mol. The first-order chi connectivity index (χ1) is 9.65. The van der Waals surface area contributed by atoms with E-state index in [-0.39, 0.29) is 6.61 Å². The lowest BCUT2D eigenvalue weighted by Crippen LogP contribution is -2.46. The van der Waals surface area contributed by atoms with Crippen LogP contribution in [0.1, 0.15) is 13.8 Å². The molecule has 0 saturated carbocycles. The van der Waals surface area contributed by atoms with E-state index in [1.165, 1.54) is 0 Å². The monoisotopic (exact) mass is 312 g/mol. The molecule has 0 aromatic heterocycles. The highest BCUT2D eigenvalue weighted by Gasteiger charge is 2.46. The Morgan fingerprint density at radius 1 is 1.29 bits per heavy atom. The Bertz CT molecular complexity index is 431. The summed E-state index contributed by atoms with van der Waals surface area (Å²) in [6, 6.07) is 0. The van der Waals surface area contributed by atoms with E-state index in [1.807, 2.05) is 0 Å². The van der Waals surface area contributed by atoms with Gasteiger partial charge in [0.1, 0.15) is 12.7 Å². The summed E-state index contributed by atoms with van der Waals surface area (Å²) >= 11 is 0. The second kappa shape index (κ2) is 6.90. The largest absolute Gasteiger partial charge is 0.463 e. The minimum Gasteiger partial charge on any atom is -0.463 e. The lowest BCUT2D eigenvalue weighted by Gasteiger charge is -2.34. The predicted octanol–water partition coefficient (Wildman–Crippen LogP) is 1.34. The third-order valence-corrected chi connectivity index (χ3v) is 2.56. The standard InChI is InChI=1S/C12H15F3O6/c1-6(16)19-5-10-9(20-7(2)17)4-8(12(13,14)15)11(18-3)21-10/h4,9-11H,5H2,1-3H3/t9-,10+,11+/m0/s1. The maximum absolute atomic E-state index is 12.9. The molecule has 0 aromatic carbocycles. The Balaban J connectivity index is 3.02. The molecule has 1 aliphatic rings. The van der Waals surface area contributed by atoms with E-state index in [4.69, 9.17) is 9.47 Å². The highest BCUT2D eigenvalue weighted by atomic mass is 19.4. The summed E-state index contributed by atoms with van der Waals surface area (Å²) in [6.45, 7) is 1.82. The van der Waals surface area contributed by atoms with Gasteiger partial charge in [-0.25, -0.2) is 0 Å². The van der Waals surface area contributed by atoms with Crippen LogP contribution in [0.2, 0.25) is 0 Å². The number of methoxy groups -OCH3 is 1. The summed E-state index contributed by atoms with van der Waals surface area (Å²) in [5, 5.41) is 0. The van der Waals surface area contributed by atoms with Crippen molar-refractivity contribution in [3.8, 4) is 0 Å². The highest BCUT2D eigenvalue weighted by Crippen LogP contribution is 2.35. The van der Waals surface area contributed by atoms with Gasteiger partial charge in [0.25, 0.3) is 0 Å². The number of rotatable bonds is 4. The fourth-order valence-corrected chi connectivity index (χ4v) is 1.72. The molecule has 0 N–H and O–H groups in total. The van der Waals surface area contributed by atoms with Crippen LogP contribution >= 0.6 is 0 Å². The zero-order valence-electron chi connectivity index (χ0n) is 11.6. The Labute approximate surface area is 118 Å². The molecule has 9 heteroatoms. The van der Waals surface area contributed by atoms with Gasteiger partial charge in [-0.2, -0.15) is 13.2 Å². The van der Waals surface area contributed by atoms with Gasteiger partial charge in [-0.15, -0.1) is 0 Å². The van der Waals surface area contributed by atoms with Crippen LogP contribution in [-0.2, 0) is 28.5 Å². The van der Waals surface area contributed by atoms with Crippen LogP contribution in [0.5, 0.6) is 0 Å². The lowest BCUT2D eigenvalue weighted by molar-refractivity contribution is -0.217. The molecule has 0 spiro atoms. The molecule has 0 radical (unpaired) electrons. The first kappa shape index (κ1) is 17.4. The number of hydrogen-bond acceptors (Lipinski definition) is 6. The molecule has 1 heterocycles. The molecule has 0 aliphatic carbocycles. The summed E-state index contributed by atoms with van der Waals surface area (Å²) in [4.78, 5) is 21.8. The van der Waals surface area contributed by atoms with Crippen molar-refractivity contribution in [1.29, 1.82) is 0 Å². The van der Waals surface area contributed by atoms with Gasteiger partial charge in [0.15, 0.2) is 12.4 Å². The van der Waals surface area contributed by atoms with Gasteiger partial charge in [0.05, 0.1) is 5.57 Å². The summed E-state index contributed by atoms with van der Waals surface area (Å²) in [6.07, 6.45) is -8.10. The van der Waals surface area contributed by atoms with E-state index in [2.05, 4.69) is 9.47 Å². The third-order valence-electron chi connectivity index (χ3n) is 2.56. The van der Waals surface area contributed by atoms with Crippen molar-refractivity contribution in [2.24, 2.45) is 0 Å². The molecule has 0 aromatic rings. The van der Waals surface area contributed by atoms with Gasteiger partial charge in [-0.1, -0.05) is 0 Å². The summed E-state index contributed by atoms with van der Waals surface area (Å²) in [5.74, 6) is -1.43. The molecule has 120 valence electrons. The van der Waals surface area contributed by atoms with Crippen LogP contribution < -0.4 is 0 Å². The summed E-state index contributed by atoms with van der Waals surface area (Å²) in [5.41, 5.74) is -1.12. The molecule has 3 atom stereocenters. The fraction of sp³-hybridized carbons (Fsp3) is 0.667. The lowest BCUT2D eigenvalue weighted by atomic mass is 10.1.